The lowest BCUT2D eigenvalue weighted by Crippen LogP contribution is -2.58. The van der Waals surface area contributed by atoms with Crippen molar-refractivity contribution in [3.63, 3.8) is 0 Å². The molecule has 15 nitrogen and oxygen atoms in total. The third kappa shape index (κ3) is 5.98. The van der Waals surface area contributed by atoms with Crippen molar-refractivity contribution in [2.75, 3.05) is 19.8 Å². The van der Waals surface area contributed by atoms with E-state index >= 15 is 0 Å². The van der Waals surface area contributed by atoms with Gasteiger partial charge in [0.1, 0.15) is 42.7 Å². The van der Waals surface area contributed by atoms with E-state index in [1.807, 2.05) is 0 Å². The Morgan fingerprint density at radius 3 is 2.07 bits per heavy atom. The molecule has 2 saturated heterocycles. The summed E-state index contributed by atoms with van der Waals surface area (Å²) in [5, 5.41) is 56.7. The van der Waals surface area contributed by atoms with Crippen molar-refractivity contribution >= 4 is 15.6 Å². The van der Waals surface area contributed by atoms with Gasteiger partial charge in [0, 0.05) is 0 Å². The predicted molar refractivity (Wildman–Crippen MR) is 83.3 cm³/mol. The summed E-state index contributed by atoms with van der Waals surface area (Å²) in [5.41, 5.74) is 0. The summed E-state index contributed by atoms with van der Waals surface area (Å²) in [5.74, 6) is 0. The van der Waals surface area contributed by atoms with Gasteiger partial charge in [-0.1, -0.05) is 0 Å². The average molecular weight is 456 g/mol. The molecule has 0 aliphatic carbocycles. The lowest BCUT2D eigenvalue weighted by molar-refractivity contribution is -0.280. The summed E-state index contributed by atoms with van der Waals surface area (Å²) in [6.45, 7) is -1.89. The third-order valence-electron chi connectivity index (χ3n) is 3.95. The first-order chi connectivity index (χ1) is 12.9. The lowest BCUT2D eigenvalue weighted by atomic mass is 10.00. The summed E-state index contributed by atoms with van der Waals surface area (Å²) in [6, 6.07) is 0. The molecule has 2 fully saturated rings. The van der Waals surface area contributed by atoms with Crippen LogP contribution in [-0.4, -0.2) is 109 Å². The van der Waals surface area contributed by atoms with Gasteiger partial charge in [0.15, 0.2) is 6.29 Å². The first-order valence-electron chi connectivity index (χ1n) is 7.85. The molecule has 0 bridgehead atoms. The van der Waals surface area contributed by atoms with Crippen LogP contribution in [0.4, 0.5) is 0 Å². The van der Waals surface area contributed by atoms with Gasteiger partial charge in [-0.15, -0.1) is 0 Å². The smallest absolute Gasteiger partial charge is 0.394 e. The van der Waals surface area contributed by atoms with E-state index in [1.54, 1.807) is 0 Å². The molecule has 0 aromatic carbocycles. The summed E-state index contributed by atoms with van der Waals surface area (Å²) in [4.78, 5) is 19.1. The van der Waals surface area contributed by atoms with Crippen LogP contribution in [0.25, 0.3) is 0 Å². The van der Waals surface area contributed by atoms with Crippen molar-refractivity contribution in [1.82, 2.24) is 0 Å². The van der Waals surface area contributed by atoms with Crippen LogP contribution in [-0.2, 0) is 32.0 Å². The van der Waals surface area contributed by atoms with Gasteiger partial charge in [0.2, 0.25) is 0 Å². The number of phosphoric ester groups is 2. The summed E-state index contributed by atoms with van der Waals surface area (Å²) in [7, 11) is -10.7. The molecule has 0 radical (unpaired) electrons. The SMILES string of the molecule is O=P(O)(OCC1OCC(O)C1O)OP(=O)(O)OC1OC(CO)C(O)C(O)C1O. The fraction of sp³-hybridized carbons (Fsp3) is 1.00. The van der Waals surface area contributed by atoms with Crippen molar-refractivity contribution in [2.45, 2.75) is 49.0 Å². The quantitative estimate of drug-likeness (QED) is 0.163. The van der Waals surface area contributed by atoms with E-state index < -0.39 is 77.9 Å². The molecule has 2 heterocycles. The maximum absolute atomic E-state index is 11.9. The van der Waals surface area contributed by atoms with Gasteiger partial charge in [-0.25, -0.2) is 9.13 Å². The minimum atomic E-state index is -5.44. The van der Waals surface area contributed by atoms with E-state index in [4.69, 9.17) is 14.6 Å². The molecule has 28 heavy (non-hydrogen) atoms. The zero-order chi connectivity index (χ0) is 21.3. The minimum absolute atomic E-state index is 0.259. The first kappa shape index (κ1) is 24.2. The second-order valence-electron chi connectivity index (χ2n) is 6.05. The molecule has 17 heteroatoms. The molecule has 2 rings (SSSR count). The molecule has 2 aliphatic heterocycles. The van der Waals surface area contributed by atoms with E-state index in [2.05, 4.69) is 13.4 Å². The normalized spacial score (nSPS) is 43.4. The van der Waals surface area contributed by atoms with Crippen LogP contribution < -0.4 is 0 Å². The highest BCUT2D eigenvalue weighted by atomic mass is 31.3. The fourth-order valence-corrected chi connectivity index (χ4v) is 4.60. The van der Waals surface area contributed by atoms with Gasteiger partial charge in [-0.2, -0.15) is 4.31 Å². The van der Waals surface area contributed by atoms with Crippen molar-refractivity contribution in [3.8, 4) is 0 Å². The van der Waals surface area contributed by atoms with Gasteiger partial charge in [-0.05, 0) is 0 Å². The number of aliphatic hydroxyl groups excluding tert-OH is 6. The number of aliphatic hydroxyl groups is 6. The summed E-state index contributed by atoms with van der Waals surface area (Å²) >= 11 is 0. The van der Waals surface area contributed by atoms with Gasteiger partial charge in [0.05, 0.1) is 19.8 Å². The Kier molecular flexibility index (Phi) is 8.12. The molecule has 166 valence electrons. The Morgan fingerprint density at radius 1 is 0.893 bits per heavy atom. The number of rotatable bonds is 8. The Hall–Kier alpha value is -0.0600. The van der Waals surface area contributed by atoms with Crippen molar-refractivity contribution < 1.29 is 72.4 Å². The molecule has 8 N–H and O–H groups in total. The fourth-order valence-electron chi connectivity index (χ4n) is 2.44. The highest BCUT2D eigenvalue weighted by Gasteiger charge is 2.48. The summed E-state index contributed by atoms with van der Waals surface area (Å²) in [6.07, 6.45) is -13.2. The second kappa shape index (κ2) is 9.39. The maximum atomic E-state index is 11.9. The molecule has 10 atom stereocenters. The van der Waals surface area contributed by atoms with Crippen LogP contribution in [0, 0.1) is 0 Å². The lowest BCUT2D eigenvalue weighted by Gasteiger charge is -2.39. The first-order valence-corrected chi connectivity index (χ1v) is 10.8. The van der Waals surface area contributed by atoms with Crippen LogP contribution in [0.5, 0.6) is 0 Å². The zero-order valence-corrected chi connectivity index (χ0v) is 15.9. The number of phosphoric acid groups is 2. The highest BCUT2D eigenvalue weighted by molar-refractivity contribution is 7.61. The van der Waals surface area contributed by atoms with Crippen LogP contribution in [0.1, 0.15) is 0 Å². The predicted octanol–water partition coefficient (Wildman–Crippen LogP) is -3.84. The Labute approximate surface area is 157 Å². The van der Waals surface area contributed by atoms with Crippen LogP contribution >= 0.6 is 15.6 Å². The standard InChI is InChI=1S/C11H22O15P2/c12-1-5-8(15)9(16)10(17)11(24-5)25-28(20,21)26-27(18,19)23-3-6-7(14)4(13)2-22-6/h4-17H,1-3H2,(H,18,19)(H,20,21). The van der Waals surface area contributed by atoms with Gasteiger partial charge >= 0.3 is 15.6 Å². The molecule has 0 spiro atoms. The van der Waals surface area contributed by atoms with Crippen LogP contribution in [0.15, 0.2) is 0 Å². The Balaban J connectivity index is 1.94. The molecule has 2 aliphatic rings. The molecule has 10 unspecified atom stereocenters. The maximum Gasteiger partial charge on any atom is 0.483 e. The molecular formula is C11H22O15P2. The number of ether oxygens (including phenoxy) is 2. The Morgan fingerprint density at radius 2 is 1.54 bits per heavy atom. The van der Waals surface area contributed by atoms with E-state index in [1.165, 1.54) is 0 Å². The van der Waals surface area contributed by atoms with Gasteiger partial charge in [-0.3, -0.25) is 9.05 Å². The van der Waals surface area contributed by atoms with Gasteiger partial charge < -0.3 is 49.9 Å². The summed E-state index contributed by atoms with van der Waals surface area (Å²) < 4.78 is 46.2. The van der Waals surface area contributed by atoms with E-state index in [0.29, 0.717) is 0 Å². The van der Waals surface area contributed by atoms with Crippen LogP contribution in [0.2, 0.25) is 0 Å². The van der Waals surface area contributed by atoms with Crippen LogP contribution in [0.3, 0.4) is 0 Å². The second-order valence-corrected chi connectivity index (χ2v) is 9.04. The zero-order valence-electron chi connectivity index (χ0n) is 14.1. The molecule has 0 aromatic heterocycles. The minimum Gasteiger partial charge on any atom is -0.394 e. The average Bonchev–Trinajstić information content (AvgIpc) is 2.91. The molecular weight excluding hydrogens is 434 g/mol. The molecule has 0 amide bonds. The van der Waals surface area contributed by atoms with Gasteiger partial charge in [0.25, 0.3) is 0 Å². The van der Waals surface area contributed by atoms with E-state index in [-0.39, 0.29) is 6.61 Å². The highest BCUT2D eigenvalue weighted by Crippen LogP contribution is 2.61. The van der Waals surface area contributed by atoms with Crippen molar-refractivity contribution in [3.05, 3.63) is 0 Å². The van der Waals surface area contributed by atoms with E-state index in [9.17, 15) is 44.4 Å². The van der Waals surface area contributed by atoms with Crippen molar-refractivity contribution in [2.24, 2.45) is 0 Å². The number of hydrogen-bond acceptors (Lipinski definition) is 13. The number of hydrogen-bond donors (Lipinski definition) is 8. The molecule has 0 aromatic rings. The molecule has 0 saturated carbocycles. The monoisotopic (exact) mass is 456 g/mol. The topological polar surface area (TPSA) is 242 Å². The Bertz CT molecular complexity index is 615. The largest absolute Gasteiger partial charge is 0.483 e. The van der Waals surface area contributed by atoms with Crippen molar-refractivity contribution in [1.29, 1.82) is 0 Å². The van der Waals surface area contributed by atoms with E-state index in [0.717, 1.165) is 0 Å². The third-order valence-corrected chi connectivity index (χ3v) is 6.55.